The number of rotatable bonds is 4. The summed E-state index contributed by atoms with van der Waals surface area (Å²) in [6.45, 7) is 9.42. The number of hydrogen-bond donors (Lipinski definition) is 0. The van der Waals surface area contributed by atoms with Gasteiger partial charge in [0, 0.05) is 16.7 Å². The van der Waals surface area contributed by atoms with Crippen LogP contribution in [-0.2, 0) is 10.8 Å². The Kier molecular flexibility index (Phi) is 6.13. The van der Waals surface area contributed by atoms with Crippen LogP contribution in [0.1, 0.15) is 38.8 Å². The lowest BCUT2D eigenvalue weighted by molar-refractivity contribution is 0.299. The normalized spacial score (nSPS) is 14.6. The lowest BCUT2D eigenvalue weighted by Gasteiger charge is -2.48. The smallest absolute Gasteiger partial charge is 0.164 e. The lowest BCUT2D eigenvalue weighted by atomic mass is 9.55. The number of fused-ring (bicyclic) bond motifs is 3. The molecule has 1 heterocycles. The highest BCUT2D eigenvalue weighted by molar-refractivity contribution is 5.89. The minimum Gasteiger partial charge on any atom is -0.208 e. The molecule has 0 atom stereocenters. The molecule has 0 bridgehead atoms. The zero-order chi connectivity index (χ0) is 28.9. The van der Waals surface area contributed by atoms with Gasteiger partial charge in [-0.1, -0.05) is 155 Å². The summed E-state index contributed by atoms with van der Waals surface area (Å²) in [6.07, 6.45) is 0. The molecule has 0 aliphatic heterocycles. The second kappa shape index (κ2) is 9.88. The first-order chi connectivity index (χ1) is 20.3. The highest BCUT2D eigenvalue weighted by Gasteiger charge is 2.46. The van der Waals surface area contributed by atoms with Crippen molar-refractivity contribution in [3.8, 4) is 56.4 Å². The van der Waals surface area contributed by atoms with Gasteiger partial charge < -0.3 is 0 Å². The summed E-state index contributed by atoms with van der Waals surface area (Å²) in [4.78, 5) is 15.2. The van der Waals surface area contributed by atoms with Crippen molar-refractivity contribution in [2.45, 2.75) is 38.5 Å². The third-order valence-corrected chi connectivity index (χ3v) is 9.33. The molecule has 0 spiro atoms. The van der Waals surface area contributed by atoms with Gasteiger partial charge in [0.05, 0.1) is 0 Å². The van der Waals surface area contributed by atoms with E-state index in [9.17, 15) is 0 Å². The maximum Gasteiger partial charge on any atom is 0.164 e. The second-order valence-electron chi connectivity index (χ2n) is 12.1. The molecule has 1 aromatic heterocycles. The summed E-state index contributed by atoms with van der Waals surface area (Å²) in [6, 6.07) is 44.5. The largest absolute Gasteiger partial charge is 0.208 e. The predicted molar refractivity (Wildman–Crippen MR) is 173 cm³/mol. The molecule has 0 saturated heterocycles. The van der Waals surface area contributed by atoms with Crippen LogP contribution in [0, 0.1) is 0 Å². The first-order valence-electron chi connectivity index (χ1n) is 14.6. The summed E-state index contributed by atoms with van der Waals surface area (Å²) >= 11 is 0. The van der Waals surface area contributed by atoms with Gasteiger partial charge in [0.2, 0.25) is 0 Å². The summed E-state index contributed by atoms with van der Waals surface area (Å²) in [5, 5.41) is 0. The van der Waals surface area contributed by atoms with Gasteiger partial charge >= 0.3 is 0 Å². The fraction of sp³-hybridized carbons (Fsp3) is 0.154. The van der Waals surface area contributed by atoms with E-state index in [1.54, 1.807) is 0 Å². The topological polar surface area (TPSA) is 38.7 Å². The average Bonchev–Trinajstić information content (AvgIpc) is 3.04. The van der Waals surface area contributed by atoms with E-state index in [-0.39, 0.29) is 10.8 Å². The Bertz CT molecular complexity index is 1900. The molecule has 0 saturated carbocycles. The molecule has 1 aliphatic rings. The molecule has 3 heteroatoms. The molecular formula is C39H33N3. The molecule has 7 rings (SSSR count). The monoisotopic (exact) mass is 543 g/mol. The Balaban J connectivity index is 1.44. The third kappa shape index (κ3) is 4.16. The Labute approximate surface area is 248 Å². The Morgan fingerprint density at radius 1 is 0.357 bits per heavy atom. The molecule has 42 heavy (non-hydrogen) atoms. The van der Waals surface area contributed by atoms with E-state index in [1.807, 2.05) is 24.3 Å². The quantitative estimate of drug-likeness (QED) is 0.222. The van der Waals surface area contributed by atoms with Crippen LogP contribution in [0.3, 0.4) is 0 Å². The van der Waals surface area contributed by atoms with Crippen molar-refractivity contribution in [2.75, 3.05) is 0 Å². The van der Waals surface area contributed by atoms with Crippen LogP contribution >= 0.6 is 0 Å². The molecule has 6 aromatic rings. The average molecular weight is 544 g/mol. The number of benzene rings is 5. The third-order valence-electron chi connectivity index (χ3n) is 9.33. The van der Waals surface area contributed by atoms with Crippen molar-refractivity contribution >= 4 is 0 Å². The first-order valence-corrected chi connectivity index (χ1v) is 14.6. The highest BCUT2D eigenvalue weighted by atomic mass is 15.0. The molecule has 1 aliphatic carbocycles. The maximum absolute atomic E-state index is 5.14. The van der Waals surface area contributed by atoms with E-state index in [2.05, 4.69) is 131 Å². The molecule has 0 radical (unpaired) electrons. The SMILES string of the molecule is CC1(C)c2ccccc2-c2c(-c3nc(-c4ccccc4)nc(-c4ccc(-c5ccccc5)cc4)n3)cccc2C1(C)C. The van der Waals surface area contributed by atoms with Crippen LogP contribution in [0.2, 0.25) is 0 Å². The van der Waals surface area contributed by atoms with Crippen molar-refractivity contribution in [2.24, 2.45) is 0 Å². The van der Waals surface area contributed by atoms with E-state index < -0.39 is 0 Å². The molecule has 0 N–H and O–H groups in total. The molecule has 0 unspecified atom stereocenters. The Morgan fingerprint density at radius 3 is 1.45 bits per heavy atom. The van der Waals surface area contributed by atoms with Crippen LogP contribution in [0.4, 0.5) is 0 Å². The summed E-state index contributed by atoms with van der Waals surface area (Å²) in [5.74, 6) is 2.02. The minimum absolute atomic E-state index is 0.0465. The summed E-state index contributed by atoms with van der Waals surface area (Å²) in [5.41, 5.74) is 10.3. The van der Waals surface area contributed by atoms with Crippen molar-refractivity contribution in [1.82, 2.24) is 15.0 Å². The van der Waals surface area contributed by atoms with Gasteiger partial charge in [-0.05, 0) is 44.2 Å². The maximum atomic E-state index is 5.14. The van der Waals surface area contributed by atoms with Gasteiger partial charge in [0.25, 0.3) is 0 Å². The van der Waals surface area contributed by atoms with E-state index in [1.165, 1.54) is 27.8 Å². The standard InChI is InChI=1S/C39H33N3/c1-38(2)32-20-12-11-18-30(32)34-31(19-13-21-33(34)39(38,3)4)37-41-35(28-16-9-6-10-17-28)40-36(42-37)29-24-22-27(23-25-29)26-14-7-5-8-15-26/h5-25H,1-4H3. The Morgan fingerprint density at radius 2 is 0.786 bits per heavy atom. The molecular weight excluding hydrogens is 510 g/mol. The van der Waals surface area contributed by atoms with E-state index in [0.717, 1.165) is 22.3 Å². The zero-order valence-electron chi connectivity index (χ0n) is 24.5. The van der Waals surface area contributed by atoms with Gasteiger partial charge in [-0.25, -0.2) is 15.0 Å². The second-order valence-corrected chi connectivity index (χ2v) is 12.1. The first kappa shape index (κ1) is 26.0. The van der Waals surface area contributed by atoms with Gasteiger partial charge in [0.1, 0.15) is 0 Å². The molecule has 3 nitrogen and oxygen atoms in total. The molecule has 204 valence electrons. The van der Waals surface area contributed by atoms with Gasteiger partial charge in [-0.2, -0.15) is 0 Å². The fourth-order valence-electron chi connectivity index (χ4n) is 6.25. The van der Waals surface area contributed by atoms with Gasteiger partial charge in [-0.3, -0.25) is 0 Å². The highest BCUT2D eigenvalue weighted by Crippen LogP contribution is 2.55. The number of nitrogens with zero attached hydrogens (tertiary/aromatic N) is 3. The fourth-order valence-corrected chi connectivity index (χ4v) is 6.25. The van der Waals surface area contributed by atoms with Gasteiger partial charge in [-0.15, -0.1) is 0 Å². The molecule has 0 amide bonds. The van der Waals surface area contributed by atoms with Gasteiger partial charge in [0.15, 0.2) is 17.5 Å². The summed E-state index contributed by atoms with van der Waals surface area (Å²) < 4.78 is 0. The molecule has 0 fully saturated rings. The lowest BCUT2D eigenvalue weighted by Crippen LogP contribution is -2.43. The number of hydrogen-bond acceptors (Lipinski definition) is 3. The van der Waals surface area contributed by atoms with Crippen molar-refractivity contribution in [3.05, 3.63) is 139 Å². The van der Waals surface area contributed by atoms with Crippen LogP contribution in [0.5, 0.6) is 0 Å². The van der Waals surface area contributed by atoms with E-state index >= 15 is 0 Å². The van der Waals surface area contributed by atoms with Crippen molar-refractivity contribution < 1.29 is 0 Å². The van der Waals surface area contributed by atoms with Crippen molar-refractivity contribution in [3.63, 3.8) is 0 Å². The zero-order valence-corrected chi connectivity index (χ0v) is 24.5. The van der Waals surface area contributed by atoms with E-state index in [0.29, 0.717) is 17.5 Å². The predicted octanol–water partition coefficient (Wildman–Crippen LogP) is 9.78. The minimum atomic E-state index is -0.0991. The van der Waals surface area contributed by atoms with Crippen LogP contribution in [-0.4, -0.2) is 15.0 Å². The Hall–Kier alpha value is -4.89. The van der Waals surface area contributed by atoms with E-state index in [4.69, 9.17) is 15.0 Å². The number of aromatic nitrogens is 3. The van der Waals surface area contributed by atoms with Crippen LogP contribution < -0.4 is 0 Å². The molecule has 5 aromatic carbocycles. The summed E-state index contributed by atoms with van der Waals surface area (Å²) in [7, 11) is 0. The van der Waals surface area contributed by atoms with Crippen LogP contribution in [0.15, 0.2) is 127 Å². The van der Waals surface area contributed by atoms with Crippen LogP contribution in [0.25, 0.3) is 56.4 Å². The van der Waals surface area contributed by atoms with Crippen molar-refractivity contribution in [1.29, 1.82) is 0 Å².